The van der Waals surface area contributed by atoms with Gasteiger partial charge in [-0.1, -0.05) is 13.8 Å². The van der Waals surface area contributed by atoms with Crippen LogP contribution in [0.15, 0.2) is 0 Å². The Kier molecular flexibility index (Phi) is 3.90. The van der Waals surface area contributed by atoms with Gasteiger partial charge in [-0.05, 0) is 25.2 Å². The quantitative estimate of drug-likeness (QED) is 0.820. The van der Waals surface area contributed by atoms with Crippen molar-refractivity contribution in [1.29, 1.82) is 0 Å². The van der Waals surface area contributed by atoms with Crippen LogP contribution in [0.1, 0.15) is 33.1 Å². The fraction of sp³-hybridized carbons (Fsp3) is 0.846. The van der Waals surface area contributed by atoms with Crippen LogP contribution in [0.5, 0.6) is 0 Å². The molecule has 0 aromatic heterocycles. The summed E-state index contributed by atoms with van der Waals surface area (Å²) in [7, 11) is 0. The van der Waals surface area contributed by atoms with Gasteiger partial charge in [-0.3, -0.25) is 9.59 Å². The normalized spacial score (nSPS) is 36.0. The Morgan fingerprint density at radius 1 is 1.33 bits per heavy atom. The van der Waals surface area contributed by atoms with Gasteiger partial charge in [-0.2, -0.15) is 0 Å². The van der Waals surface area contributed by atoms with Crippen molar-refractivity contribution in [3.63, 3.8) is 0 Å². The highest BCUT2D eigenvalue weighted by molar-refractivity contribution is 5.83. The fourth-order valence-corrected chi connectivity index (χ4v) is 2.86. The van der Waals surface area contributed by atoms with Crippen molar-refractivity contribution >= 4 is 11.9 Å². The lowest BCUT2D eigenvalue weighted by Gasteiger charge is -2.20. The molecule has 5 heteroatoms. The Morgan fingerprint density at radius 3 is 2.56 bits per heavy atom. The van der Waals surface area contributed by atoms with Crippen LogP contribution < -0.4 is 0 Å². The van der Waals surface area contributed by atoms with E-state index >= 15 is 0 Å². The molecule has 2 saturated heterocycles. The number of carbonyl (C=O) groups excluding carboxylic acids is 1. The molecule has 4 atom stereocenters. The lowest BCUT2D eigenvalue weighted by Crippen LogP contribution is -2.38. The summed E-state index contributed by atoms with van der Waals surface area (Å²) in [6.07, 6.45) is 2.46. The monoisotopic (exact) mass is 255 g/mol. The second-order valence-corrected chi connectivity index (χ2v) is 5.40. The lowest BCUT2D eigenvalue weighted by molar-refractivity contribution is -0.144. The Balaban J connectivity index is 1.93. The molecule has 2 fully saturated rings. The number of likely N-dealkylation sites (tertiary alicyclic amines) is 1. The van der Waals surface area contributed by atoms with E-state index in [1.165, 1.54) is 0 Å². The van der Waals surface area contributed by atoms with Crippen LogP contribution in [0.25, 0.3) is 0 Å². The van der Waals surface area contributed by atoms with E-state index < -0.39 is 11.9 Å². The predicted octanol–water partition coefficient (Wildman–Crippen LogP) is 1.12. The van der Waals surface area contributed by atoms with Crippen molar-refractivity contribution in [3.05, 3.63) is 0 Å². The van der Waals surface area contributed by atoms with Crippen LogP contribution >= 0.6 is 0 Å². The second-order valence-electron chi connectivity index (χ2n) is 5.40. The first-order valence-electron chi connectivity index (χ1n) is 6.70. The van der Waals surface area contributed by atoms with Gasteiger partial charge in [0.1, 0.15) is 6.10 Å². The van der Waals surface area contributed by atoms with Crippen molar-refractivity contribution in [2.24, 2.45) is 11.8 Å². The summed E-state index contributed by atoms with van der Waals surface area (Å²) in [5.74, 6) is -1.25. The van der Waals surface area contributed by atoms with E-state index in [4.69, 9.17) is 9.84 Å². The van der Waals surface area contributed by atoms with Crippen molar-refractivity contribution in [2.75, 3.05) is 13.1 Å². The van der Waals surface area contributed by atoms with Gasteiger partial charge in [0.15, 0.2) is 0 Å². The molecule has 1 amide bonds. The maximum atomic E-state index is 12.2. The average Bonchev–Trinajstić information content (AvgIpc) is 2.94. The van der Waals surface area contributed by atoms with Crippen LogP contribution in [0.2, 0.25) is 0 Å². The number of amides is 1. The minimum Gasteiger partial charge on any atom is -0.481 e. The summed E-state index contributed by atoms with van der Waals surface area (Å²) in [6, 6.07) is 0. The zero-order chi connectivity index (χ0) is 13.3. The topological polar surface area (TPSA) is 66.8 Å². The van der Waals surface area contributed by atoms with E-state index in [0.29, 0.717) is 13.1 Å². The molecule has 0 aromatic rings. The van der Waals surface area contributed by atoms with Crippen molar-refractivity contribution in [2.45, 2.75) is 45.3 Å². The Labute approximate surface area is 107 Å². The molecule has 5 nitrogen and oxygen atoms in total. The molecule has 18 heavy (non-hydrogen) atoms. The third kappa shape index (κ3) is 2.51. The lowest BCUT2D eigenvalue weighted by atomic mass is 9.99. The summed E-state index contributed by atoms with van der Waals surface area (Å²) < 4.78 is 5.68. The van der Waals surface area contributed by atoms with E-state index in [1.807, 2.05) is 6.92 Å². The smallest absolute Gasteiger partial charge is 0.308 e. The van der Waals surface area contributed by atoms with E-state index in [9.17, 15) is 9.59 Å². The molecule has 0 aromatic carbocycles. The molecular weight excluding hydrogens is 234 g/mol. The maximum absolute atomic E-state index is 12.2. The zero-order valence-electron chi connectivity index (χ0n) is 11.0. The Bertz CT molecular complexity index is 344. The third-order valence-corrected chi connectivity index (χ3v) is 4.08. The van der Waals surface area contributed by atoms with Gasteiger partial charge in [0.25, 0.3) is 5.91 Å². The van der Waals surface area contributed by atoms with Gasteiger partial charge >= 0.3 is 5.97 Å². The highest BCUT2D eigenvalue weighted by atomic mass is 16.5. The summed E-state index contributed by atoms with van der Waals surface area (Å²) in [5, 5.41) is 9.06. The predicted molar refractivity (Wildman–Crippen MR) is 65.1 cm³/mol. The number of hydrogen-bond acceptors (Lipinski definition) is 3. The highest BCUT2D eigenvalue weighted by Crippen LogP contribution is 2.28. The molecule has 2 unspecified atom stereocenters. The highest BCUT2D eigenvalue weighted by Gasteiger charge is 2.40. The molecule has 0 bridgehead atoms. The van der Waals surface area contributed by atoms with Gasteiger partial charge in [0.05, 0.1) is 12.0 Å². The molecule has 102 valence electrons. The number of rotatable bonds is 3. The number of carbonyl (C=O) groups is 2. The van der Waals surface area contributed by atoms with Crippen LogP contribution in [0.3, 0.4) is 0 Å². The number of hydrogen-bond donors (Lipinski definition) is 1. The zero-order valence-corrected chi connectivity index (χ0v) is 11.0. The molecule has 0 aliphatic carbocycles. The van der Waals surface area contributed by atoms with Crippen LogP contribution in [0, 0.1) is 11.8 Å². The first-order valence-corrected chi connectivity index (χ1v) is 6.70. The van der Waals surface area contributed by atoms with Crippen molar-refractivity contribution in [1.82, 2.24) is 4.90 Å². The van der Waals surface area contributed by atoms with Gasteiger partial charge in [0.2, 0.25) is 0 Å². The molecule has 2 aliphatic rings. The molecule has 1 N–H and O–H groups in total. The first-order chi connectivity index (χ1) is 8.52. The molecule has 0 radical (unpaired) electrons. The van der Waals surface area contributed by atoms with Gasteiger partial charge < -0.3 is 14.7 Å². The van der Waals surface area contributed by atoms with Gasteiger partial charge in [-0.25, -0.2) is 0 Å². The third-order valence-electron chi connectivity index (χ3n) is 4.08. The number of carboxylic acids is 1. The fourth-order valence-electron chi connectivity index (χ4n) is 2.86. The van der Waals surface area contributed by atoms with E-state index in [0.717, 1.165) is 19.3 Å². The molecule has 2 aliphatic heterocycles. The summed E-state index contributed by atoms with van der Waals surface area (Å²) >= 11 is 0. The van der Waals surface area contributed by atoms with E-state index in [1.54, 1.807) is 4.90 Å². The average molecular weight is 255 g/mol. The maximum Gasteiger partial charge on any atom is 0.308 e. The Hall–Kier alpha value is -1.10. The minimum atomic E-state index is -0.809. The van der Waals surface area contributed by atoms with Crippen molar-refractivity contribution in [3.8, 4) is 0 Å². The van der Waals surface area contributed by atoms with Gasteiger partial charge in [0, 0.05) is 13.1 Å². The summed E-state index contributed by atoms with van der Waals surface area (Å²) in [5.41, 5.74) is 0. The molecular formula is C13H21NO4. The number of nitrogens with zero attached hydrogens (tertiary/aromatic N) is 1. The standard InChI is InChI=1S/C13H21NO4/c1-3-9-4-5-11(18-9)12(15)14-6-8(2)10(7-14)13(16)17/h8-11H,3-7H2,1-2H3,(H,16,17)/t8-,9?,10-,11?/m1/s1. The van der Waals surface area contributed by atoms with E-state index in [2.05, 4.69) is 6.92 Å². The first kappa shape index (κ1) is 13.3. The Morgan fingerprint density at radius 2 is 2.06 bits per heavy atom. The molecule has 2 heterocycles. The van der Waals surface area contributed by atoms with Crippen LogP contribution in [0.4, 0.5) is 0 Å². The van der Waals surface area contributed by atoms with Gasteiger partial charge in [-0.15, -0.1) is 0 Å². The number of aliphatic carboxylic acids is 1. The van der Waals surface area contributed by atoms with E-state index in [-0.39, 0.29) is 24.0 Å². The summed E-state index contributed by atoms with van der Waals surface area (Å²) in [4.78, 5) is 24.9. The number of carboxylic acid groups (broad SMARTS) is 1. The molecule has 0 spiro atoms. The number of ether oxygens (including phenoxy) is 1. The molecule has 2 rings (SSSR count). The minimum absolute atomic E-state index is 0.0230. The van der Waals surface area contributed by atoms with Crippen LogP contribution in [-0.2, 0) is 14.3 Å². The molecule has 0 saturated carbocycles. The van der Waals surface area contributed by atoms with Crippen molar-refractivity contribution < 1.29 is 19.4 Å². The summed E-state index contributed by atoms with van der Waals surface area (Å²) in [6.45, 7) is 4.80. The van der Waals surface area contributed by atoms with Crippen LogP contribution in [-0.4, -0.2) is 47.2 Å². The SMILES string of the molecule is CCC1CCC(C(=O)N2C[C@@H](C)[C@H](C(=O)O)C2)O1. The second kappa shape index (κ2) is 5.26. The largest absolute Gasteiger partial charge is 0.481 e.